The van der Waals surface area contributed by atoms with Gasteiger partial charge in [0.25, 0.3) is 0 Å². The smallest absolute Gasteiger partial charge is 0.0278 e. The minimum Gasteiger partial charge on any atom is -0.309 e. The fraction of sp³-hybridized carbons (Fsp3) is 1.00. The molecule has 0 spiro atoms. The van der Waals surface area contributed by atoms with Gasteiger partial charge in [0, 0.05) is 31.2 Å². The molecule has 106 valence electrons. The summed E-state index contributed by atoms with van der Waals surface area (Å²) in [6, 6.07) is 0.846. The molecule has 1 saturated heterocycles. The minimum absolute atomic E-state index is 0.348. The van der Waals surface area contributed by atoms with E-state index < -0.39 is 0 Å². The maximum atomic E-state index is 3.72. The quantitative estimate of drug-likeness (QED) is 0.825. The third-order valence-corrected chi connectivity index (χ3v) is 5.36. The summed E-state index contributed by atoms with van der Waals surface area (Å²) in [5.41, 5.74) is 0.348. The zero-order valence-corrected chi connectivity index (χ0v) is 12.7. The Kier molecular flexibility index (Phi) is 5.08. The first-order chi connectivity index (χ1) is 8.68. The summed E-state index contributed by atoms with van der Waals surface area (Å²) >= 11 is 0. The van der Waals surface area contributed by atoms with Gasteiger partial charge in [0.05, 0.1) is 0 Å². The molecular weight excluding hydrogens is 220 g/mol. The van der Waals surface area contributed by atoms with Gasteiger partial charge in [0.1, 0.15) is 0 Å². The number of hydrogen-bond donors (Lipinski definition) is 1. The molecule has 1 aliphatic heterocycles. The number of hydrogen-bond acceptors (Lipinski definition) is 2. The normalized spacial score (nSPS) is 33.5. The van der Waals surface area contributed by atoms with Gasteiger partial charge in [0.2, 0.25) is 0 Å². The monoisotopic (exact) mass is 252 g/mol. The van der Waals surface area contributed by atoms with Gasteiger partial charge in [-0.1, -0.05) is 33.1 Å². The lowest BCUT2D eigenvalue weighted by atomic mass is 9.81. The van der Waals surface area contributed by atoms with Crippen molar-refractivity contribution in [3.05, 3.63) is 0 Å². The van der Waals surface area contributed by atoms with Crippen molar-refractivity contribution >= 4 is 0 Å². The summed E-state index contributed by atoms with van der Waals surface area (Å²) in [7, 11) is 0. The van der Waals surface area contributed by atoms with Crippen LogP contribution < -0.4 is 5.32 Å². The van der Waals surface area contributed by atoms with E-state index in [4.69, 9.17) is 0 Å². The average Bonchev–Trinajstić information content (AvgIpc) is 2.41. The molecule has 0 aromatic carbocycles. The van der Waals surface area contributed by atoms with E-state index in [1.54, 1.807) is 0 Å². The van der Waals surface area contributed by atoms with Gasteiger partial charge in [-0.05, 0) is 38.5 Å². The average molecular weight is 252 g/mol. The van der Waals surface area contributed by atoms with E-state index in [1.807, 2.05) is 0 Å². The second-order valence-electron chi connectivity index (χ2n) is 6.69. The Hall–Kier alpha value is -0.0800. The lowest BCUT2D eigenvalue weighted by Crippen LogP contribution is -2.61. The molecule has 2 aliphatic rings. The van der Waals surface area contributed by atoms with Crippen molar-refractivity contribution in [2.45, 2.75) is 77.3 Å². The van der Waals surface area contributed by atoms with Gasteiger partial charge in [-0.3, -0.25) is 4.90 Å². The maximum Gasteiger partial charge on any atom is 0.0278 e. The van der Waals surface area contributed by atoms with Gasteiger partial charge in [-0.25, -0.2) is 0 Å². The van der Waals surface area contributed by atoms with E-state index in [0.717, 1.165) is 12.0 Å². The van der Waals surface area contributed by atoms with Crippen molar-refractivity contribution < 1.29 is 0 Å². The fourth-order valence-corrected chi connectivity index (χ4v) is 4.01. The van der Waals surface area contributed by atoms with Crippen LogP contribution >= 0.6 is 0 Å². The molecule has 1 N–H and O–H groups in total. The van der Waals surface area contributed by atoms with Crippen LogP contribution in [0.25, 0.3) is 0 Å². The van der Waals surface area contributed by atoms with Crippen LogP contribution in [0.1, 0.15) is 65.7 Å². The van der Waals surface area contributed by atoms with Crippen LogP contribution in [0.5, 0.6) is 0 Å². The van der Waals surface area contributed by atoms with Crippen LogP contribution in [-0.2, 0) is 0 Å². The summed E-state index contributed by atoms with van der Waals surface area (Å²) < 4.78 is 0. The van der Waals surface area contributed by atoms with E-state index in [9.17, 15) is 0 Å². The summed E-state index contributed by atoms with van der Waals surface area (Å²) in [4.78, 5) is 2.80. The largest absolute Gasteiger partial charge is 0.309 e. The molecule has 2 atom stereocenters. The first-order valence-corrected chi connectivity index (χ1v) is 8.17. The van der Waals surface area contributed by atoms with E-state index in [0.29, 0.717) is 5.54 Å². The molecule has 2 rings (SSSR count). The molecule has 0 radical (unpaired) electrons. The molecule has 1 heterocycles. The molecule has 2 fully saturated rings. The Bertz CT molecular complexity index is 247. The van der Waals surface area contributed by atoms with Gasteiger partial charge in [-0.15, -0.1) is 0 Å². The van der Waals surface area contributed by atoms with Crippen molar-refractivity contribution in [1.82, 2.24) is 10.2 Å². The highest BCUT2D eigenvalue weighted by Gasteiger charge is 2.34. The molecule has 2 unspecified atom stereocenters. The predicted octanol–water partition coefficient (Wildman–Crippen LogP) is 3.42. The van der Waals surface area contributed by atoms with Crippen molar-refractivity contribution in [1.29, 1.82) is 0 Å². The Morgan fingerprint density at radius 3 is 2.56 bits per heavy atom. The standard InChI is InChI=1S/C16H32N2/c1-4-15(14-9-7-6-8-10-14)18-12-11-17-16(3,5-2)13-18/h14-15,17H,4-13H2,1-3H3. The number of piperazine rings is 1. The van der Waals surface area contributed by atoms with Crippen molar-refractivity contribution in [2.24, 2.45) is 5.92 Å². The fourth-order valence-electron chi connectivity index (χ4n) is 4.01. The molecule has 18 heavy (non-hydrogen) atoms. The van der Waals surface area contributed by atoms with Crippen LogP contribution in [0.2, 0.25) is 0 Å². The maximum absolute atomic E-state index is 3.72. The van der Waals surface area contributed by atoms with E-state index in [2.05, 4.69) is 31.0 Å². The van der Waals surface area contributed by atoms with Crippen molar-refractivity contribution in [3.63, 3.8) is 0 Å². The molecule has 2 heteroatoms. The molecule has 0 amide bonds. The van der Waals surface area contributed by atoms with Crippen molar-refractivity contribution in [2.75, 3.05) is 19.6 Å². The summed E-state index contributed by atoms with van der Waals surface area (Å²) in [5, 5.41) is 3.72. The minimum atomic E-state index is 0.348. The molecule has 0 aromatic rings. The topological polar surface area (TPSA) is 15.3 Å². The van der Waals surface area contributed by atoms with Gasteiger partial charge >= 0.3 is 0 Å². The number of nitrogens with one attached hydrogen (secondary N) is 1. The highest BCUT2D eigenvalue weighted by atomic mass is 15.2. The van der Waals surface area contributed by atoms with Crippen LogP contribution in [0.3, 0.4) is 0 Å². The van der Waals surface area contributed by atoms with Crippen LogP contribution in [0.15, 0.2) is 0 Å². The predicted molar refractivity (Wildman–Crippen MR) is 78.9 cm³/mol. The zero-order valence-electron chi connectivity index (χ0n) is 12.7. The molecule has 0 aromatic heterocycles. The number of rotatable bonds is 4. The van der Waals surface area contributed by atoms with Crippen LogP contribution in [0, 0.1) is 5.92 Å². The van der Waals surface area contributed by atoms with Gasteiger partial charge in [0.15, 0.2) is 0 Å². The lowest BCUT2D eigenvalue weighted by molar-refractivity contribution is 0.0546. The van der Waals surface area contributed by atoms with E-state index in [1.165, 1.54) is 64.6 Å². The van der Waals surface area contributed by atoms with Crippen LogP contribution in [-0.4, -0.2) is 36.1 Å². The second kappa shape index (κ2) is 6.38. The number of nitrogens with zero attached hydrogens (tertiary/aromatic N) is 1. The third-order valence-electron chi connectivity index (χ3n) is 5.36. The third kappa shape index (κ3) is 3.27. The first kappa shape index (κ1) is 14.3. The van der Waals surface area contributed by atoms with Gasteiger partial charge in [-0.2, -0.15) is 0 Å². The molecule has 1 aliphatic carbocycles. The summed E-state index contributed by atoms with van der Waals surface area (Å²) in [6.07, 6.45) is 9.95. The lowest BCUT2D eigenvalue weighted by Gasteiger charge is -2.47. The zero-order chi connectivity index (χ0) is 13.0. The second-order valence-corrected chi connectivity index (χ2v) is 6.69. The Morgan fingerprint density at radius 1 is 1.22 bits per heavy atom. The molecule has 1 saturated carbocycles. The van der Waals surface area contributed by atoms with Gasteiger partial charge < -0.3 is 5.32 Å². The van der Waals surface area contributed by atoms with Crippen LogP contribution in [0.4, 0.5) is 0 Å². The first-order valence-electron chi connectivity index (χ1n) is 8.17. The summed E-state index contributed by atoms with van der Waals surface area (Å²) in [5.74, 6) is 0.975. The molecule has 0 bridgehead atoms. The highest BCUT2D eigenvalue weighted by molar-refractivity contribution is 4.93. The van der Waals surface area contributed by atoms with E-state index in [-0.39, 0.29) is 0 Å². The Labute approximate surface area is 114 Å². The highest BCUT2D eigenvalue weighted by Crippen LogP contribution is 2.32. The van der Waals surface area contributed by atoms with Crippen molar-refractivity contribution in [3.8, 4) is 0 Å². The Balaban J connectivity index is 1.98. The Morgan fingerprint density at radius 2 is 1.94 bits per heavy atom. The SMILES string of the molecule is CCC(C1CCCCC1)N1CCNC(C)(CC)C1. The van der Waals surface area contributed by atoms with E-state index >= 15 is 0 Å². The molecular formula is C16H32N2. The molecule has 2 nitrogen and oxygen atoms in total. The summed E-state index contributed by atoms with van der Waals surface area (Å²) in [6.45, 7) is 10.8.